The fraction of sp³-hybridized carbons (Fsp3) is 0.0196. The maximum absolute atomic E-state index is 5.19. The minimum Gasteiger partial charge on any atom is -0.344 e. The molecule has 0 bridgehead atoms. The molecule has 4 nitrogen and oxygen atoms in total. The second-order valence-corrected chi connectivity index (χ2v) is 14.3. The van der Waals surface area contributed by atoms with Crippen LogP contribution in [0.5, 0.6) is 0 Å². The largest absolute Gasteiger partial charge is 0.344 e. The number of benzene rings is 9. The molecular formula is C51H34N4. The number of amidine groups is 2. The highest BCUT2D eigenvalue weighted by atomic mass is 15.2. The molecule has 11 rings (SSSR count). The van der Waals surface area contributed by atoms with E-state index in [1.165, 1.54) is 54.1 Å². The predicted molar refractivity (Wildman–Crippen MR) is 231 cm³/mol. The van der Waals surface area contributed by atoms with Gasteiger partial charge in [0, 0.05) is 27.6 Å². The van der Waals surface area contributed by atoms with E-state index < -0.39 is 0 Å². The molecule has 0 aliphatic carbocycles. The lowest BCUT2D eigenvalue weighted by Crippen LogP contribution is -2.33. The fourth-order valence-corrected chi connectivity index (χ4v) is 8.24. The van der Waals surface area contributed by atoms with Crippen LogP contribution in [0.25, 0.3) is 70.9 Å². The molecule has 0 spiro atoms. The zero-order valence-corrected chi connectivity index (χ0v) is 29.9. The number of nitrogens with zero attached hydrogens (tertiary/aromatic N) is 3. The highest BCUT2D eigenvalue weighted by Crippen LogP contribution is 2.37. The second-order valence-electron chi connectivity index (χ2n) is 14.3. The molecule has 0 radical (unpaired) electrons. The van der Waals surface area contributed by atoms with Crippen LogP contribution >= 0.6 is 0 Å². The number of aliphatic imine (C=N–C) groups is 2. The maximum atomic E-state index is 5.19. The molecule has 0 fully saturated rings. The van der Waals surface area contributed by atoms with Crippen LogP contribution < -0.4 is 5.32 Å². The molecule has 55 heavy (non-hydrogen) atoms. The van der Waals surface area contributed by atoms with Gasteiger partial charge >= 0.3 is 0 Å². The Bertz CT molecular complexity index is 3170. The molecule has 1 unspecified atom stereocenters. The number of fused-ring (bicyclic) bond motifs is 7. The first kappa shape index (κ1) is 31.2. The average molecular weight is 703 g/mol. The minimum absolute atomic E-state index is 0.287. The summed E-state index contributed by atoms with van der Waals surface area (Å²) in [6.45, 7) is 0. The Morgan fingerprint density at radius 3 is 1.75 bits per heavy atom. The van der Waals surface area contributed by atoms with E-state index in [2.05, 4.69) is 204 Å². The summed E-state index contributed by atoms with van der Waals surface area (Å²) in [4.78, 5) is 10.3. The lowest BCUT2D eigenvalue weighted by atomic mass is 10.0. The maximum Gasteiger partial charge on any atom is 0.159 e. The van der Waals surface area contributed by atoms with Crippen molar-refractivity contribution in [1.29, 1.82) is 0 Å². The van der Waals surface area contributed by atoms with Gasteiger partial charge in [-0.15, -0.1) is 0 Å². The van der Waals surface area contributed by atoms with E-state index in [9.17, 15) is 0 Å². The van der Waals surface area contributed by atoms with E-state index in [1.54, 1.807) is 0 Å². The standard InChI is InChI=1S/C51H34N4/c1-3-12-39-31-41(23-19-33(39)9-1)50-52-49(53-51(54-50)42-24-20-34-10-2-4-13-40(34)32-42)38-21-17-35(18-22-38)36-25-28-43(29-26-36)55-46-16-8-7-15-45(46)48-44-14-6-5-11-37(44)27-30-47(48)55/h1-32,50H,(H,52,53,54). The summed E-state index contributed by atoms with van der Waals surface area (Å²) in [6, 6.07) is 69.4. The van der Waals surface area contributed by atoms with Crippen LogP contribution in [-0.4, -0.2) is 16.2 Å². The van der Waals surface area contributed by atoms with Gasteiger partial charge in [-0.3, -0.25) is 0 Å². The number of aromatic nitrogens is 1. The van der Waals surface area contributed by atoms with Gasteiger partial charge in [0.2, 0.25) is 0 Å². The Morgan fingerprint density at radius 1 is 0.418 bits per heavy atom. The zero-order valence-electron chi connectivity index (χ0n) is 29.9. The molecule has 1 aromatic heterocycles. The number of nitrogens with one attached hydrogen (secondary N) is 1. The highest BCUT2D eigenvalue weighted by Gasteiger charge is 2.22. The molecule has 1 atom stereocenters. The van der Waals surface area contributed by atoms with Gasteiger partial charge in [0.05, 0.1) is 11.0 Å². The molecule has 258 valence electrons. The minimum atomic E-state index is -0.287. The van der Waals surface area contributed by atoms with Crippen LogP contribution in [0.2, 0.25) is 0 Å². The normalized spacial score (nSPS) is 14.4. The van der Waals surface area contributed by atoms with Crippen molar-refractivity contribution in [2.75, 3.05) is 0 Å². The quantitative estimate of drug-likeness (QED) is 0.191. The summed E-state index contributed by atoms with van der Waals surface area (Å²) in [5, 5.41) is 13.5. The number of hydrogen-bond donors (Lipinski definition) is 1. The van der Waals surface area contributed by atoms with Crippen molar-refractivity contribution in [3.8, 4) is 16.8 Å². The van der Waals surface area contributed by atoms with Crippen molar-refractivity contribution in [3.63, 3.8) is 0 Å². The molecule has 4 heteroatoms. The lowest BCUT2D eigenvalue weighted by molar-refractivity contribution is 0.675. The SMILES string of the molecule is c1ccc2cc(C3=NC(c4ccc(-c5ccc(-n6c7ccccc7c7c8ccccc8ccc76)cc5)cc4)=NC(c4ccc5ccccc5c4)N3)ccc2c1. The van der Waals surface area contributed by atoms with Crippen molar-refractivity contribution in [2.45, 2.75) is 6.17 Å². The van der Waals surface area contributed by atoms with Crippen LogP contribution in [0.3, 0.4) is 0 Å². The van der Waals surface area contributed by atoms with Gasteiger partial charge in [-0.25, -0.2) is 9.98 Å². The first-order chi connectivity index (χ1) is 27.2. The Labute approximate surface area is 318 Å². The van der Waals surface area contributed by atoms with Gasteiger partial charge in [0.1, 0.15) is 12.0 Å². The van der Waals surface area contributed by atoms with Crippen LogP contribution in [0.1, 0.15) is 22.9 Å². The number of para-hydroxylation sites is 1. The van der Waals surface area contributed by atoms with Crippen molar-refractivity contribution in [3.05, 3.63) is 211 Å². The summed E-state index contributed by atoms with van der Waals surface area (Å²) in [7, 11) is 0. The summed E-state index contributed by atoms with van der Waals surface area (Å²) in [5.41, 5.74) is 8.96. The van der Waals surface area contributed by atoms with E-state index in [0.29, 0.717) is 5.84 Å². The van der Waals surface area contributed by atoms with E-state index in [4.69, 9.17) is 9.98 Å². The molecule has 1 aliphatic heterocycles. The third-order valence-corrected chi connectivity index (χ3v) is 11.0. The van der Waals surface area contributed by atoms with Crippen LogP contribution in [0.15, 0.2) is 204 Å². The molecule has 0 amide bonds. The third-order valence-electron chi connectivity index (χ3n) is 11.0. The van der Waals surface area contributed by atoms with Crippen LogP contribution in [0, 0.1) is 0 Å². The van der Waals surface area contributed by atoms with E-state index in [0.717, 1.165) is 39.3 Å². The Kier molecular flexibility index (Phi) is 7.20. The van der Waals surface area contributed by atoms with Crippen LogP contribution in [0.4, 0.5) is 0 Å². The lowest BCUT2D eigenvalue weighted by Gasteiger charge is -2.24. The van der Waals surface area contributed by atoms with Gasteiger partial charge in [-0.05, 0) is 85.4 Å². The molecule has 2 heterocycles. The van der Waals surface area contributed by atoms with Crippen molar-refractivity contribution in [1.82, 2.24) is 9.88 Å². The first-order valence-electron chi connectivity index (χ1n) is 18.8. The third kappa shape index (κ3) is 5.38. The molecule has 0 saturated carbocycles. The topological polar surface area (TPSA) is 41.7 Å². The van der Waals surface area contributed by atoms with Gasteiger partial charge in [0.15, 0.2) is 5.84 Å². The van der Waals surface area contributed by atoms with Gasteiger partial charge < -0.3 is 9.88 Å². The fourth-order valence-electron chi connectivity index (χ4n) is 8.24. The smallest absolute Gasteiger partial charge is 0.159 e. The number of rotatable bonds is 5. The van der Waals surface area contributed by atoms with E-state index >= 15 is 0 Å². The average Bonchev–Trinajstić information content (AvgIpc) is 3.61. The molecule has 10 aromatic rings. The predicted octanol–water partition coefficient (Wildman–Crippen LogP) is 12.4. The molecule has 9 aromatic carbocycles. The molecule has 0 saturated heterocycles. The highest BCUT2D eigenvalue weighted by molar-refractivity contribution is 6.21. The summed E-state index contributed by atoms with van der Waals surface area (Å²) >= 11 is 0. The molecule has 1 aliphatic rings. The van der Waals surface area contributed by atoms with E-state index in [1.807, 2.05) is 0 Å². The Balaban J connectivity index is 0.951. The van der Waals surface area contributed by atoms with E-state index in [-0.39, 0.29) is 6.17 Å². The van der Waals surface area contributed by atoms with Gasteiger partial charge in [-0.1, -0.05) is 158 Å². The van der Waals surface area contributed by atoms with Gasteiger partial charge in [-0.2, -0.15) is 0 Å². The summed E-state index contributed by atoms with van der Waals surface area (Å²) in [5.74, 6) is 1.52. The summed E-state index contributed by atoms with van der Waals surface area (Å²) < 4.78 is 2.39. The molecular weight excluding hydrogens is 669 g/mol. The van der Waals surface area contributed by atoms with Crippen LogP contribution in [-0.2, 0) is 0 Å². The van der Waals surface area contributed by atoms with Crippen molar-refractivity contribution < 1.29 is 0 Å². The van der Waals surface area contributed by atoms with Gasteiger partial charge in [0.25, 0.3) is 0 Å². The Morgan fingerprint density at radius 2 is 0.982 bits per heavy atom. The van der Waals surface area contributed by atoms with Crippen molar-refractivity contribution >= 4 is 65.8 Å². The Hall–Kier alpha value is -7.30. The first-order valence-corrected chi connectivity index (χ1v) is 18.8. The second kappa shape index (κ2) is 12.7. The summed E-state index contributed by atoms with van der Waals surface area (Å²) in [6.07, 6.45) is -0.287. The van der Waals surface area contributed by atoms with Crippen molar-refractivity contribution in [2.24, 2.45) is 9.98 Å². The molecule has 1 N–H and O–H groups in total. The monoisotopic (exact) mass is 702 g/mol. The number of hydrogen-bond acceptors (Lipinski definition) is 3. The zero-order chi connectivity index (χ0) is 36.3.